The van der Waals surface area contributed by atoms with Crippen molar-refractivity contribution in [2.24, 2.45) is 11.8 Å². The van der Waals surface area contributed by atoms with Gasteiger partial charge in [0.05, 0.1) is 5.56 Å². The number of carbonyl (C=O) groups is 1. The van der Waals surface area contributed by atoms with Crippen LogP contribution in [0.15, 0.2) is 24.3 Å². The molecular weight excluding hydrogens is 200 g/mol. The topological polar surface area (TPSA) is 26.3 Å². The molecule has 0 atom stereocenters. The molecule has 0 saturated carbocycles. The molecule has 0 aromatic heterocycles. The monoisotopic (exact) mass is 220 g/mol. The van der Waals surface area contributed by atoms with Crippen molar-refractivity contribution in [2.45, 2.75) is 33.8 Å². The summed E-state index contributed by atoms with van der Waals surface area (Å²) in [5.74, 6) is 1.55. The Balaban J connectivity index is 2.89. The summed E-state index contributed by atoms with van der Waals surface area (Å²) in [5, 5.41) is 0. The van der Waals surface area contributed by atoms with Crippen molar-refractivity contribution < 1.29 is 9.53 Å². The van der Waals surface area contributed by atoms with E-state index in [9.17, 15) is 4.79 Å². The molecule has 0 amide bonds. The number of benzene rings is 1. The van der Waals surface area contributed by atoms with Gasteiger partial charge in [-0.15, -0.1) is 0 Å². The highest BCUT2D eigenvalue weighted by Crippen LogP contribution is 2.23. The molecule has 0 heterocycles. The fraction of sp³-hybridized carbons (Fsp3) is 0.500. The Morgan fingerprint density at radius 1 is 1.06 bits per heavy atom. The number of para-hydroxylation sites is 1. The standard InChI is InChI=1S/C14H20O2/c1-10(2)14(11(3)4)16-13-8-6-5-7-12(13)9-15/h5-11,14H,1-4H3. The van der Waals surface area contributed by atoms with Crippen molar-refractivity contribution in [2.75, 3.05) is 0 Å². The van der Waals surface area contributed by atoms with E-state index >= 15 is 0 Å². The van der Waals surface area contributed by atoms with Gasteiger partial charge in [0.25, 0.3) is 0 Å². The molecule has 2 nitrogen and oxygen atoms in total. The maximum absolute atomic E-state index is 10.9. The molecule has 0 aliphatic heterocycles. The van der Waals surface area contributed by atoms with Crippen molar-refractivity contribution in [1.82, 2.24) is 0 Å². The molecule has 1 rings (SSSR count). The first-order valence-electron chi connectivity index (χ1n) is 5.77. The first-order valence-corrected chi connectivity index (χ1v) is 5.77. The predicted octanol–water partition coefficient (Wildman–Crippen LogP) is 3.56. The smallest absolute Gasteiger partial charge is 0.153 e. The van der Waals surface area contributed by atoms with Crippen LogP contribution in [0.3, 0.4) is 0 Å². The van der Waals surface area contributed by atoms with Gasteiger partial charge in [-0.3, -0.25) is 4.79 Å². The summed E-state index contributed by atoms with van der Waals surface area (Å²) in [6.45, 7) is 8.53. The van der Waals surface area contributed by atoms with Crippen LogP contribution < -0.4 is 4.74 Å². The second-order valence-corrected chi connectivity index (χ2v) is 4.73. The van der Waals surface area contributed by atoms with Crippen molar-refractivity contribution in [3.8, 4) is 5.75 Å². The lowest BCUT2D eigenvalue weighted by molar-refractivity contribution is 0.100. The number of aldehydes is 1. The molecule has 0 spiro atoms. The third-order valence-corrected chi connectivity index (χ3v) is 2.62. The van der Waals surface area contributed by atoms with Crippen LogP contribution >= 0.6 is 0 Å². The van der Waals surface area contributed by atoms with Gasteiger partial charge in [0.15, 0.2) is 6.29 Å². The Kier molecular flexibility index (Phi) is 4.53. The van der Waals surface area contributed by atoms with Crippen molar-refractivity contribution in [3.05, 3.63) is 29.8 Å². The summed E-state index contributed by atoms with van der Waals surface area (Å²) < 4.78 is 5.93. The van der Waals surface area contributed by atoms with Gasteiger partial charge in [-0.2, -0.15) is 0 Å². The molecule has 16 heavy (non-hydrogen) atoms. The maximum atomic E-state index is 10.9. The molecule has 0 unspecified atom stereocenters. The molecule has 0 aliphatic rings. The lowest BCUT2D eigenvalue weighted by Crippen LogP contribution is -2.29. The van der Waals surface area contributed by atoms with Crippen molar-refractivity contribution in [1.29, 1.82) is 0 Å². The second kappa shape index (κ2) is 5.69. The number of ether oxygens (including phenoxy) is 1. The van der Waals surface area contributed by atoms with Crippen molar-refractivity contribution in [3.63, 3.8) is 0 Å². The molecule has 1 aromatic carbocycles. The Labute approximate surface area is 97.6 Å². The van der Waals surface area contributed by atoms with Gasteiger partial charge in [0, 0.05) is 0 Å². The zero-order valence-electron chi connectivity index (χ0n) is 10.4. The number of carbonyl (C=O) groups excluding carboxylic acids is 1. The van der Waals surface area contributed by atoms with Gasteiger partial charge < -0.3 is 4.74 Å². The summed E-state index contributed by atoms with van der Waals surface area (Å²) in [4.78, 5) is 10.9. The predicted molar refractivity (Wildman–Crippen MR) is 65.9 cm³/mol. The van der Waals surface area contributed by atoms with Gasteiger partial charge in [0.1, 0.15) is 11.9 Å². The number of rotatable bonds is 5. The fourth-order valence-electron chi connectivity index (χ4n) is 1.87. The minimum Gasteiger partial charge on any atom is -0.489 e. The largest absolute Gasteiger partial charge is 0.489 e. The third kappa shape index (κ3) is 3.09. The molecule has 0 N–H and O–H groups in total. The molecule has 2 heteroatoms. The van der Waals surface area contributed by atoms with Gasteiger partial charge in [-0.1, -0.05) is 39.8 Å². The van der Waals surface area contributed by atoms with E-state index in [4.69, 9.17) is 4.74 Å². The minimum absolute atomic E-state index is 0.140. The van der Waals surface area contributed by atoms with E-state index in [1.165, 1.54) is 0 Å². The summed E-state index contributed by atoms with van der Waals surface area (Å²) in [5.41, 5.74) is 0.619. The Bertz CT molecular complexity index is 334. The average molecular weight is 220 g/mol. The van der Waals surface area contributed by atoms with Gasteiger partial charge in [0.2, 0.25) is 0 Å². The Morgan fingerprint density at radius 2 is 1.62 bits per heavy atom. The van der Waals surface area contributed by atoms with Gasteiger partial charge in [-0.05, 0) is 24.0 Å². The van der Waals surface area contributed by atoms with E-state index in [0.717, 1.165) is 6.29 Å². The summed E-state index contributed by atoms with van der Waals surface area (Å²) in [6.07, 6.45) is 0.980. The van der Waals surface area contributed by atoms with E-state index in [0.29, 0.717) is 23.1 Å². The molecular formula is C14H20O2. The first kappa shape index (κ1) is 12.8. The quantitative estimate of drug-likeness (QED) is 0.709. The molecule has 88 valence electrons. The third-order valence-electron chi connectivity index (χ3n) is 2.62. The van der Waals surface area contributed by atoms with Crippen LogP contribution in [-0.4, -0.2) is 12.4 Å². The van der Waals surface area contributed by atoms with Crippen LogP contribution in [-0.2, 0) is 0 Å². The minimum atomic E-state index is 0.140. The first-order chi connectivity index (χ1) is 7.56. The van der Waals surface area contributed by atoms with Crippen LogP contribution in [0.4, 0.5) is 0 Å². The Morgan fingerprint density at radius 3 is 2.12 bits per heavy atom. The molecule has 0 aliphatic carbocycles. The second-order valence-electron chi connectivity index (χ2n) is 4.73. The zero-order valence-corrected chi connectivity index (χ0v) is 10.4. The SMILES string of the molecule is CC(C)C(Oc1ccccc1C=O)C(C)C. The zero-order chi connectivity index (χ0) is 12.1. The summed E-state index contributed by atoms with van der Waals surface area (Å²) in [7, 11) is 0. The molecule has 0 fully saturated rings. The van der Waals surface area contributed by atoms with Gasteiger partial charge >= 0.3 is 0 Å². The molecule has 1 aromatic rings. The van der Waals surface area contributed by atoms with Crippen LogP contribution in [0.1, 0.15) is 38.1 Å². The lowest BCUT2D eigenvalue weighted by atomic mass is 9.96. The lowest BCUT2D eigenvalue weighted by Gasteiger charge is -2.26. The number of hydrogen-bond acceptors (Lipinski definition) is 2. The highest BCUT2D eigenvalue weighted by molar-refractivity contribution is 5.79. The molecule has 0 radical (unpaired) electrons. The van der Waals surface area contributed by atoms with E-state index in [2.05, 4.69) is 27.7 Å². The van der Waals surface area contributed by atoms with Crippen LogP contribution in [0.5, 0.6) is 5.75 Å². The van der Waals surface area contributed by atoms with E-state index in [-0.39, 0.29) is 6.10 Å². The van der Waals surface area contributed by atoms with E-state index in [1.54, 1.807) is 6.07 Å². The van der Waals surface area contributed by atoms with Crippen LogP contribution in [0, 0.1) is 11.8 Å². The summed E-state index contributed by atoms with van der Waals surface area (Å²) >= 11 is 0. The fourth-order valence-corrected chi connectivity index (χ4v) is 1.87. The van der Waals surface area contributed by atoms with E-state index in [1.807, 2.05) is 18.2 Å². The average Bonchev–Trinajstić information content (AvgIpc) is 2.25. The molecule has 0 bridgehead atoms. The summed E-state index contributed by atoms with van der Waals surface area (Å²) in [6, 6.07) is 7.36. The molecule has 0 saturated heterocycles. The maximum Gasteiger partial charge on any atom is 0.153 e. The highest BCUT2D eigenvalue weighted by atomic mass is 16.5. The van der Waals surface area contributed by atoms with Gasteiger partial charge in [-0.25, -0.2) is 0 Å². The normalized spacial score (nSPS) is 11.2. The number of hydrogen-bond donors (Lipinski definition) is 0. The Hall–Kier alpha value is -1.31. The van der Waals surface area contributed by atoms with E-state index < -0.39 is 0 Å². The van der Waals surface area contributed by atoms with Crippen LogP contribution in [0.2, 0.25) is 0 Å². The van der Waals surface area contributed by atoms with Crippen LogP contribution in [0.25, 0.3) is 0 Å². The highest BCUT2D eigenvalue weighted by Gasteiger charge is 2.20. The van der Waals surface area contributed by atoms with Crippen molar-refractivity contribution >= 4 is 6.29 Å².